The van der Waals surface area contributed by atoms with E-state index >= 15 is 0 Å². The number of alkyl halides is 2. The van der Waals surface area contributed by atoms with Crippen LogP contribution in [0, 0.1) is 0 Å². The number of nitrogen functional groups attached to an aromatic ring is 1. The van der Waals surface area contributed by atoms with E-state index in [9.17, 15) is 13.6 Å². The molecule has 0 spiro atoms. The minimum absolute atomic E-state index is 0.148. The van der Waals surface area contributed by atoms with Gasteiger partial charge in [0.15, 0.2) is 11.6 Å². The van der Waals surface area contributed by atoms with Crippen LogP contribution in [0.1, 0.15) is 40.9 Å². The first-order valence-electron chi connectivity index (χ1n) is 8.70. The van der Waals surface area contributed by atoms with E-state index in [-0.39, 0.29) is 16.9 Å². The van der Waals surface area contributed by atoms with E-state index in [0.29, 0.717) is 16.5 Å². The zero-order valence-corrected chi connectivity index (χ0v) is 16.2. The molecule has 0 saturated carbocycles. The maximum atomic E-state index is 12.8. The lowest BCUT2D eigenvalue weighted by Crippen LogP contribution is -2.13. The Balaban J connectivity index is 1.74. The van der Waals surface area contributed by atoms with Crippen molar-refractivity contribution in [3.63, 3.8) is 0 Å². The average Bonchev–Trinajstić information content (AvgIpc) is 2.71. The van der Waals surface area contributed by atoms with Gasteiger partial charge in [0.1, 0.15) is 6.10 Å². The van der Waals surface area contributed by atoms with Gasteiger partial charge in [-0.1, -0.05) is 35.9 Å². The van der Waals surface area contributed by atoms with Crippen LogP contribution in [0.3, 0.4) is 0 Å². The molecule has 5 nitrogen and oxygen atoms in total. The van der Waals surface area contributed by atoms with Crippen LogP contribution in [0.4, 0.5) is 20.3 Å². The van der Waals surface area contributed by atoms with Gasteiger partial charge in [0.05, 0.1) is 5.02 Å². The zero-order valence-electron chi connectivity index (χ0n) is 15.4. The molecule has 3 rings (SSSR count). The number of benzene rings is 2. The smallest absolute Gasteiger partial charge is 0.263 e. The number of halogens is 3. The van der Waals surface area contributed by atoms with Crippen molar-refractivity contribution in [2.45, 2.75) is 19.5 Å². The van der Waals surface area contributed by atoms with E-state index in [1.54, 1.807) is 24.3 Å². The number of hydrogen-bond acceptors (Lipinski definition) is 4. The van der Waals surface area contributed by atoms with E-state index in [1.165, 1.54) is 30.5 Å². The molecule has 0 bridgehead atoms. The molecule has 3 aromatic rings. The molecule has 150 valence electrons. The maximum Gasteiger partial charge on any atom is 0.263 e. The number of ether oxygens (including phenoxy) is 1. The third-order valence-corrected chi connectivity index (χ3v) is 4.37. The number of carbonyl (C=O) groups excluding carboxylic acids is 1. The molecule has 8 heteroatoms. The Morgan fingerprint density at radius 1 is 1.14 bits per heavy atom. The van der Waals surface area contributed by atoms with Crippen LogP contribution in [0.2, 0.25) is 5.02 Å². The summed E-state index contributed by atoms with van der Waals surface area (Å²) in [6, 6.07) is 13.9. The molecule has 0 aliphatic heterocycles. The van der Waals surface area contributed by atoms with Crippen molar-refractivity contribution >= 4 is 29.0 Å². The Hall–Kier alpha value is -3.19. The number of rotatable bonds is 6. The highest BCUT2D eigenvalue weighted by Crippen LogP contribution is 2.29. The standard InChI is InChI=1S/C21H18ClF2N3O2/c1-12(29-18-10-16(22)11-26-20(18)25)13-4-3-7-17(9-13)27-21(28)15-6-2-5-14(8-15)19(23)24/h2-12,19H,1H3,(H2,25,26)(H,27,28)/t12-/m1/s1. The van der Waals surface area contributed by atoms with Crippen LogP contribution < -0.4 is 15.8 Å². The Morgan fingerprint density at radius 2 is 1.86 bits per heavy atom. The van der Waals surface area contributed by atoms with Crippen molar-refractivity contribution in [1.29, 1.82) is 0 Å². The van der Waals surface area contributed by atoms with Crippen molar-refractivity contribution < 1.29 is 18.3 Å². The summed E-state index contributed by atoms with van der Waals surface area (Å²) in [6.45, 7) is 1.81. The highest BCUT2D eigenvalue weighted by molar-refractivity contribution is 6.30. The van der Waals surface area contributed by atoms with Gasteiger partial charge in [0.2, 0.25) is 0 Å². The van der Waals surface area contributed by atoms with Gasteiger partial charge < -0.3 is 15.8 Å². The Bertz CT molecular complexity index is 1030. The van der Waals surface area contributed by atoms with Crippen molar-refractivity contribution in [2.75, 3.05) is 11.1 Å². The third kappa shape index (κ3) is 5.20. The number of nitrogens with two attached hydrogens (primary N) is 1. The first-order chi connectivity index (χ1) is 13.8. The van der Waals surface area contributed by atoms with Crippen molar-refractivity contribution in [1.82, 2.24) is 4.98 Å². The van der Waals surface area contributed by atoms with Gasteiger partial charge in [-0.05, 0) is 36.8 Å². The van der Waals surface area contributed by atoms with Crippen molar-refractivity contribution in [3.8, 4) is 5.75 Å². The summed E-state index contributed by atoms with van der Waals surface area (Å²) in [7, 11) is 0. The van der Waals surface area contributed by atoms with E-state index in [4.69, 9.17) is 22.1 Å². The van der Waals surface area contributed by atoms with Crippen LogP contribution in [-0.2, 0) is 0 Å². The molecule has 1 amide bonds. The molecule has 1 atom stereocenters. The molecule has 0 aliphatic carbocycles. The first kappa shape index (κ1) is 20.5. The predicted octanol–water partition coefficient (Wildman–Crippen LogP) is 5.65. The molecule has 0 aliphatic rings. The number of carbonyl (C=O) groups is 1. The Kier molecular flexibility index (Phi) is 6.29. The fourth-order valence-corrected chi connectivity index (χ4v) is 2.82. The quantitative estimate of drug-likeness (QED) is 0.543. The largest absolute Gasteiger partial charge is 0.482 e. The van der Waals surface area contributed by atoms with Gasteiger partial charge in [-0.2, -0.15) is 0 Å². The number of pyridine rings is 1. The second kappa shape index (κ2) is 8.87. The van der Waals surface area contributed by atoms with Crippen LogP contribution in [0.5, 0.6) is 5.75 Å². The SMILES string of the molecule is C[C@@H](Oc1cc(Cl)cnc1N)c1cccc(NC(=O)c2cccc(C(F)F)c2)c1. The van der Waals surface area contributed by atoms with E-state index in [0.717, 1.165) is 5.56 Å². The molecule has 2 aromatic carbocycles. The molecule has 3 N–H and O–H groups in total. The second-order valence-corrected chi connectivity index (χ2v) is 6.74. The number of anilines is 2. The maximum absolute atomic E-state index is 12.8. The molecule has 0 fully saturated rings. The molecule has 0 saturated heterocycles. The van der Waals surface area contributed by atoms with Crippen LogP contribution in [0.25, 0.3) is 0 Å². The summed E-state index contributed by atoms with van der Waals surface area (Å²) >= 11 is 5.93. The minimum Gasteiger partial charge on any atom is -0.482 e. The van der Waals surface area contributed by atoms with Gasteiger partial charge in [-0.15, -0.1) is 0 Å². The fraction of sp³-hybridized carbons (Fsp3) is 0.143. The van der Waals surface area contributed by atoms with E-state index in [2.05, 4.69) is 10.3 Å². The second-order valence-electron chi connectivity index (χ2n) is 6.30. The number of nitrogens with zero attached hydrogens (tertiary/aromatic N) is 1. The molecule has 0 unspecified atom stereocenters. The van der Waals surface area contributed by atoms with Crippen molar-refractivity contribution in [3.05, 3.63) is 82.5 Å². The average molecular weight is 418 g/mol. The van der Waals surface area contributed by atoms with Gasteiger partial charge in [-0.25, -0.2) is 13.8 Å². The van der Waals surface area contributed by atoms with Crippen LogP contribution >= 0.6 is 11.6 Å². The molecular formula is C21H18ClF2N3O2. The van der Waals surface area contributed by atoms with Crippen LogP contribution in [0.15, 0.2) is 60.8 Å². The third-order valence-electron chi connectivity index (χ3n) is 4.17. The fourth-order valence-electron chi connectivity index (χ4n) is 2.67. The highest BCUT2D eigenvalue weighted by Gasteiger charge is 2.14. The van der Waals surface area contributed by atoms with Gasteiger partial charge in [0, 0.05) is 29.1 Å². The minimum atomic E-state index is -2.64. The molecule has 1 aromatic heterocycles. The Morgan fingerprint density at radius 3 is 2.62 bits per heavy atom. The summed E-state index contributed by atoms with van der Waals surface area (Å²) in [5.74, 6) is 0.0781. The Labute approximate surface area is 171 Å². The lowest BCUT2D eigenvalue weighted by molar-refractivity contribution is 0.102. The molecular weight excluding hydrogens is 400 g/mol. The normalized spacial score (nSPS) is 11.9. The lowest BCUT2D eigenvalue weighted by atomic mass is 10.1. The predicted molar refractivity (Wildman–Crippen MR) is 108 cm³/mol. The topological polar surface area (TPSA) is 77.2 Å². The number of nitrogens with one attached hydrogen (secondary N) is 1. The van der Waals surface area contributed by atoms with Gasteiger partial charge in [0.25, 0.3) is 12.3 Å². The zero-order chi connectivity index (χ0) is 21.0. The number of hydrogen-bond donors (Lipinski definition) is 2. The van der Waals surface area contributed by atoms with Gasteiger partial charge in [-0.3, -0.25) is 4.79 Å². The lowest BCUT2D eigenvalue weighted by Gasteiger charge is -2.17. The van der Waals surface area contributed by atoms with Gasteiger partial charge >= 0.3 is 0 Å². The first-order valence-corrected chi connectivity index (χ1v) is 9.08. The summed E-state index contributed by atoms with van der Waals surface area (Å²) in [4.78, 5) is 16.4. The summed E-state index contributed by atoms with van der Waals surface area (Å²) in [6.07, 6.45) is -1.62. The summed E-state index contributed by atoms with van der Waals surface area (Å²) in [5, 5.41) is 3.10. The van der Waals surface area contributed by atoms with Crippen molar-refractivity contribution in [2.24, 2.45) is 0 Å². The number of aromatic nitrogens is 1. The van der Waals surface area contributed by atoms with E-state index in [1.807, 2.05) is 13.0 Å². The number of amides is 1. The van der Waals surface area contributed by atoms with E-state index < -0.39 is 18.4 Å². The molecule has 1 heterocycles. The molecule has 29 heavy (non-hydrogen) atoms. The molecule has 0 radical (unpaired) electrons. The summed E-state index contributed by atoms with van der Waals surface area (Å²) < 4.78 is 31.5. The highest BCUT2D eigenvalue weighted by atomic mass is 35.5. The van der Waals surface area contributed by atoms with Crippen LogP contribution in [-0.4, -0.2) is 10.9 Å². The monoisotopic (exact) mass is 417 g/mol. The summed E-state index contributed by atoms with van der Waals surface area (Å²) in [5.41, 5.74) is 7.01.